The van der Waals surface area contributed by atoms with E-state index in [1.165, 1.54) is 11.1 Å². The predicted octanol–water partition coefficient (Wildman–Crippen LogP) is 2.04. The first-order valence-electron chi connectivity index (χ1n) is 9.88. The first kappa shape index (κ1) is 18.2. The average molecular weight is 367 g/mol. The molecule has 1 N–H and O–H groups in total. The summed E-state index contributed by atoms with van der Waals surface area (Å²) in [6.45, 7) is 0.792. The standard InChI is InChI=1S/C21H29N5O/c1-25(2)13-19-23-24-21(26(19)3)17-11-18(12-17)22-20(27)10-14-8-15-6-4-5-7-16(15)9-14/h4-7,14,17-18H,8-13H2,1-3H3,(H,22,27). The van der Waals surface area contributed by atoms with Crippen LogP contribution in [0.15, 0.2) is 24.3 Å². The molecule has 2 aliphatic rings. The summed E-state index contributed by atoms with van der Waals surface area (Å²) in [7, 11) is 6.11. The number of carbonyl (C=O) groups excluding carboxylic acids is 1. The molecule has 0 atom stereocenters. The van der Waals surface area contributed by atoms with Gasteiger partial charge in [0, 0.05) is 25.4 Å². The summed E-state index contributed by atoms with van der Waals surface area (Å²) in [5.41, 5.74) is 2.82. The summed E-state index contributed by atoms with van der Waals surface area (Å²) in [5.74, 6) is 3.08. The maximum Gasteiger partial charge on any atom is 0.220 e. The molecule has 0 unspecified atom stereocenters. The molecule has 144 valence electrons. The number of fused-ring (bicyclic) bond motifs is 1. The first-order chi connectivity index (χ1) is 13.0. The fourth-order valence-electron chi connectivity index (χ4n) is 4.44. The van der Waals surface area contributed by atoms with Gasteiger partial charge in [-0.2, -0.15) is 0 Å². The minimum Gasteiger partial charge on any atom is -0.353 e. The van der Waals surface area contributed by atoms with Crippen molar-refractivity contribution in [1.29, 1.82) is 0 Å². The summed E-state index contributed by atoms with van der Waals surface area (Å²) >= 11 is 0. The molecule has 1 aromatic carbocycles. The molecule has 1 amide bonds. The second-order valence-electron chi connectivity index (χ2n) is 8.45. The highest BCUT2D eigenvalue weighted by molar-refractivity contribution is 5.77. The monoisotopic (exact) mass is 367 g/mol. The Bertz CT molecular complexity index is 797. The number of nitrogens with one attached hydrogen (secondary N) is 1. The molecular formula is C21H29N5O. The summed E-state index contributed by atoms with van der Waals surface area (Å²) < 4.78 is 2.11. The van der Waals surface area contributed by atoms with Crippen LogP contribution in [0.5, 0.6) is 0 Å². The van der Waals surface area contributed by atoms with E-state index >= 15 is 0 Å². The van der Waals surface area contributed by atoms with Crippen molar-refractivity contribution in [2.45, 2.75) is 50.6 Å². The van der Waals surface area contributed by atoms with Gasteiger partial charge in [-0.25, -0.2) is 0 Å². The third-order valence-corrected chi connectivity index (χ3v) is 5.93. The second-order valence-corrected chi connectivity index (χ2v) is 8.45. The minimum atomic E-state index is 0.197. The van der Waals surface area contributed by atoms with Gasteiger partial charge in [0.05, 0.1) is 6.54 Å². The normalized spacial score (nSPS) is 21.9. The Morgan fingerprint density at radius 1 is 1.19 bits per heavy atom. The van der Waals surface area contributed by atoms with Gasteiger partial charge in [-0.15, -0.1) is 10.2 Å². The van der Waals surface area contributed by atoms with E-state index in [1.807, 2.05) is 21.1 Å². The van der Waals surface area contributed by atoms with Crippen molar-refractivity contribution in [3.05, 3.63) is 47.0 Å². The van der Waals surface area contributed by atoms with Gasteiger partial charge in [0.25, 0.3) is 0 Å². The number of benzene rings is 1. The predicted molar refractivity (Wildman–Crippen MR) is 104 cm³/mol. The second kappa shape index (κ2) is 7.43. The van der Waals surface area contributed by atoms with E-state index in [9.17, 15) is 4.79 Å². The highest BCUT2D eigenvalue weighted by atomic mass is 16.1. The fraction of sp³-hybridized carbons (Fsp3) is 0.571. The van der Waals surface area contributed by atoms with Crippen LogP contribution in [0.4, 0.5) is 0 Å². The SMILES string of the molecule is CN(C)Cc1nnc(C2CC(NC(=O)CC3Cc4ccccc4C3)C2)n1C. The third kappa shape index (κ3) is 3.90. The lowest BCUT2D eigenvalue weighted by molar-refractivity contribution is -0.123. The topological polar surface area (TPSA) is 63.1 Å². The third-order valence-electron chi connectivity index (χ3n) is 5.93. The molecule has 6 nitrogen and oxygen atoms in total. The number of amides is 1. The van der Waals surface area contributed by atoms with Gasteiger partial charge in [-0.1, -0.05) is 24.3 Å². The average Bonchev–Trinajstić information content (AvgIpc) is 3.14. The molecular weight excluding hydrogens is 338 g/mol. The quantitative estimate of drug-likeness (QED) is 0.849. The lowest BCUT2D eigenvalue weighted by Gasteiger charge is -2.35. The van der Waals surface area contributed by atoms with Crippen LogP contribution in [-0.2, 0) is 31.2 Å². The Balaban J connectivity index is 1.24. The molecule has 2 aliphatic carbocycles. The highest BCUT2D eigenvalue weighted by Gasteiger charge is 2.35. The fourth-order valence-corrected chi connectivity index (χ4v) is 4.44. The largest absolute Gasteiger partial charge is 0.353 e. The molecule has 27 heavy (non-hydrogen) atoms. The number of hydrogen-bond donors (Lipinski definition) is 1. The zero-order valence-corrected chi connectivity index (χ0v) is 16.5. The van der Waals surface area contributed by atoms with Gasteiger partial charge in [-0.05, 0) is 56.8 Å². The summed E-state index contributed by atoms with van der Waals surface area (Å²) in [4.78, 5) is 14.5. The lowest BCUT2D eigenvalue weighted by Crippen LogP contribution is -2.44. The number of rotatable bonds is 6. The Morgan fingerprint density at radius 3 is 2.48 bits per heavy atom. The molecule has 0 radical (unpaired) electrons. The van der Waals surface area contributed by atoms with E-state index in [0.717, 1.165) is 43.9 Å². The van der Waals surface area contributed by atoms with Crippen molar-refractivity contribution in [2.24, 2.45) is 13.0 Å². The molecule has 4 rings (SSSR count). The molecule has 1 heterocycles. The Morgan fingerprint density at radius 2 is 1.85 bits per heavy atom. The van der Waals surface area contributed by atoms with E-state index < -0.39 is 0 Å². The van der Waals surface area contributed by atoms with Crippen molar-refractivity contribution >= 4 is 5.91 Å². The van der Waals surface area contributed by atoms with E-state index in [2.05, 4.69) is 49.2 Å². The smallest absolute Gasteiger partial charge is 0.220 e. The van der Waals surface area contributed by atoms with Crippen LogP contribution in [0.2, 0.25) is 0 Å². The molecule has 1 fully saturated rings. The Kier molecular flexibility index (Phi) is 5.00. The van der Waals surface area contributed by atoms with E-state index in [-0.39, 0.29) is 11.9 Å². The van der Waals surface area contributed by atoms with Crippen LogP contribution in [-0.4, -0.2) is 45.7 Å². The van der Waals surface area contributed by atoms with Crippen molar-refractivity contribution in [2.75, 3.05) is 14.1 Å². The number of hydrogen-bond acceptors (Lipinski definition) is 4. The van der Waals surface area contributed by atoms with Crippen molar-refractivity contribution in [1.82, 2.24) is 25.0 Å². The maximum atomic E-state index is 12.4. The van der Waals surface area contributed by atoms with Gasteiger partial charge in [0.1, 0.15) is 11.6 Å². The van der Waals surface area contributed by atoms with Gasteiger partial charge in [0.15, 0.2) is 0 Å². The number of nitrogens with zero attached hydrogens (tertiary/aromatic N) is 4. The molecule has 0 saturated heterocycles. The highest BCUT2D eigenvalue weighted by Crippen LogP contribution is 2.36. The zero-order chi connectivity index (χ0) is 19.0. The lowest BCUT2D eigenvalue weighted by atomic mass is 9.79. The van der Waals surface area contributed by atoms with Gasteiger partial charge < -0.3 is 14.8 Å². The van der Waals surface area contributed by atoms with Crippen LogP contribution in [0.3, 0.4) is 0 Å². The van der Waals surface area contributed by atoms with E-state index in [0.29, 0.717) is 18.3 Å². The molecule has 0 spiro atoms. The Labute approximate surface area is 161 Å². The first-order valence-corrected chi connectivity index (χ1v) is 9.88. The summed E-state index contributed by atoms with van der Waals surface area (Å²) in [5, 5.41) is 11.9. The van der Waals surface area contributed by atoms with Crippen LogP contribution >= 0.6 is 0 Å². The van der Waals surface area contributed by atoms with Crippen molar-refractivity contribution in [3.8, 4) is 0 Å². The zero-order valence-electron chi connectivity index (χ0n) is 16.5. The summed E-state index contributed by atoms with van der Waals surface area (Å²) in [6.07, 6.45) is 4.62. The van der Waals surface area contributed by atoms with Crippen LogP contribution < -0.4 is 5.32 Å². The molecule has 6 heteroatoms. The van der Waals surface area contributed by atoms with Gasteiger partial charge >= 0.3 is 0 Å². The maximum absolute atomic E-state index is 12.4. The summed E-state index contributed by atoms with van der Waals surface area (Å²) in [6, 6.07) is 8.84. The molecule has 2 aromatic rings. The Hall–Kier alpha value is -2.21. The van der Waals surface area contributed by atoms with Gasteiger partial charge in [0.2, 0.25) is 5.91 Å². The van der Waals surface area contributed by atoms with Crippen LogP contribution in [0.1, 0.15) is 48.0 Å². The molecule has 1 aromatic heterocycles. The van der Waals surface area contributed by atoms with Gasteiger partial charge in [-0.3, -0.25) is 4.79 Å². The molecule has 0 aliphatic heterocycles. The van der Waals surface area contributed by atoms with E-state index in [1.54, 1.807) is 0 Å². The number of carbonyl (C=O) groups is 1. The molecule has 0 bridgehead atoms. The molecule has 1 saturated carbocycles. The van der Waals surface area contributed by atoms with Crippen molar-refractivity contribution < 1.29 is 4.79 Å². The van der Waals surface area contributed by atoms with E-state index in [4.69, 9.17) is 0 Å². The minimum absolute atomic E-state index is 0.197. The van der Waals surface area contributed by atoms with Crippen molar-refractivity contribution in [3.63, 3.8) is 0 Å². The van der Waals surface area contributed by atoms with Crippen LogP contribution in [0, 0.1) is 5.92 Å². The van der Waals surface area contributed by atoms with Crippen LogP contribution in [0.25, 0.3) is 0 Å². The number of aromatic nitrogens is 3.